The monoisotopic (exact) mass is 281 g/mol. The van der Waals surface area contributed by atoms with Gasteiger partial charge in [-0.15, -0.1) is 0 Å². The number of halogens is 2. The first kappa shape index (κ1) is 13.1. The Morgan fingerprint density at radius 2 is 1.61 bits per heavy atom. The van der Waals surface area contributed by atoms with Crippen LogP contribution in [0.3, 0.4) is 0 Å². The van der Waals surface area contributed by atoms with Crippen molar-refractivity contribution in [2.45, 2.75) is 13.8 Å². The number of ether oxygens (including phenoxy) is 1. The summed E-state index contributed by atoms with van der Waals surface area (Å²) in [7, 11) is 0. The van der Waals surface area contributed by atoms with Crippen molar-refractivity contribution >= 4 is 28.9 Å². The second kappa shape index (κ2) is 5.09. The fourth-order valence-electron chi connectivity index (χ4n) is 1.69. The number of rotatable bonds is 2. The summed E-state index contributed by atoms with van der Waals surface area (Å²) in [4.78, 5) is 0. The highest BCUT2D eigenvalue weighted by molar-refractivity contribution is 6.32. The van der Waals surface area contributed by atoms with Crippen molar-refractivity contribution in [1.29, 1.82) is 0 Å². The third-order valence-corrected chi connectivity index (χ3v) is 3.49. The van der Waals surface area contributed by atoms with Gasteiger partial charge >= 0.3 is 0 Å². The predicted molar refractivity (Wildman–Crippen MR) is 76.9 cm³/mol. The van der Waals surface area contributed by atoms with Crippen molar-refractivity contribution < 1.29 is 4.74 Å². The van der Waals surface area contributed by atoms with Crippen LogP contribution in [0.4, 0.5) is 5.69 Å². The number of nitrogen functional groups attached to an aromatic ring is 1. The van der Waals surface area contributed by atoms with Gasteiger partial charge in [-0.25, -0.2) is 0 Å². The van der Waals surface area contributed by atoms with Crippen LogP contribution < -0.4 is 10.5 Å². The molecule has 0 aliphatic rings. The van der Waals surface area contributed by atoms with Crippen molar-refractivity contribution in [3.8, 4) is 11.5 Å². The molecule has 0 aromatic heterocycles. The molecule has 0 saturated heterocycles. The molecule has 0 spiro atoms. The zero-order chi connectivity index (χ0) is 13.3. The molecule has 94 valence electrons. The summed E-state index contributed by atoms with van der Waals surface area (Å²) in [6, 6.07) is 8.91. The van der Waals surface area contributed by atoms with E-state index in [-0.39, 0.29) is 0 Å². The smallest absolute Gasteiger partial charge is 0.146 e. The minimum Gasteiger partial charge on any atom is -0.456 e. The molecule has 2 aromatic carbocycles. The maximum Gasteiger partial charge on any atom is 0.146 e. The fourth-order valence-corrected chi connectivity index (χ4v) is 2.03. The Bertz CT molecular complexity index is 573. The summed E-state index contributed by atoms with van der Waals surface area (Å²) < 4.78 is 5.73. The van der Waals surface area contributed by atoms with Crippen molar-refractivity contribution in [2.75, 3.05) is 5.73 Å². The van der Waals surface area contributed by atoms with E-state index in [0.717, 1.165) is 16.1 Å². The van der Waals surface area contributed by atoms with E-state index in [1.165, 1.54) is 0 Å². The standard InChI is InChI=1S/C14H13Cl2NO/c1-8-5-11(6-9(2)14(8)16)18-13-4-3-10(17)7-12(13)15/h3-7H,17H2,1-2H3. The lowest BCUT2D eigenvalue weighted by atomic mass is 10.1. The normalized spacial score (nSPS) is 10.4. The SMILES string of the molecule is Cc1cc(Oc2ccc(N)cc2Cl)cc(C)c1Cl. The second-order valence-corrected chi connectivity index (χ2v) is 4.95. The van der Waals surface area contributed by atoms with Gasteiger partial charge in [0.2, 0.25) is 0 Å². The van der Waals surface area contributed by atoms with Gasteiger partial charge in [-0.05, 0) is 55.3 Å². The average Bonchev–Trinajstić information content (AvgIpc) is 2.29. The Morgan fingerprint density at radius 3 is 2.17 bits per heavy atom. The quantitative estimate of drug-likeness (QED) is 0.788. The summed E-state index contributed by atoms with van der Waals surface area (Å²) in [6.07, 6.45) is 0. The Morgan fingerprint density at radius 1 is 1.00 bits per heavy atom. The van der Waals surface area contributed by atoms with Crippen molar-refractivity contribution in [1.82, 2.24) is 0 Å². The van der Waals surface area contributed by atoms with E-state index >= 15 is 0 Å². The molecule has 0 unspecified atom stereocenters. The average molecular weight is 282 g/mol. The van der Waals surface area contributed by atoms with Crippen LogP contribution in [0.2, 0.25) is 10.0 Å². The van der Waals surface area contributed by atoms with E-state index in [4.69, 9.17) is 33.7 Å². The summed E-state index contributed by atoms with van der Waals surface area (Å²) >= 11 is 12.2. The highest BCUT2D eigenvalue weighted by Gasteiger charge is 2.07. The fraction of sp³-hybridized carbons (Fsp3) is 0.143. The number of anilines is 1. The molecule has 4 heteroatoms. The molecule has 2 N–H and O–H groups in total. The molecule has 2 aromatic rings. The molecular weight excluding hydrogens is 269 g/mol. The van der Waals surface area contributed by atoms with Crippen molar-refractivity contribution in [3.63, 3.8) is 0 Å². The van der Waals surface area contributed by atoms with Gasteiger partial charge < -0.3 is 10.5 Å². The highest BCUT2D eigenvalue weighted by Crippen LogP contribution is 2.33. The Balaban J connectivity index is 2.34. The van der Waals surface area contributed by atoms with Gasteiger partial charge in [0, 0.05) is 10.7 Å². The van der Waals surface area contributed by atoms with Crippen LogP contribution in [0.25, 0.3) is 0 Å². The molecule has 2 rings (SSSR count). The topological polar surface area (TPSA) is 35.2 Å². The zero-order valence-corrected chi connectivity index (χ0v) is 11.6. The van der Waals surface area contributed by atoms with Gasteiger partial charge in [-0.3, -0.25) is 0 Å². The molecule has 0 bridgehead atoms. The van der Waals surface area contributed by atoms with Gasteiger partial charge in [0.1, 0.15) is 11.5 Å². The summed E-state index contributed by atoms with van der Waals surface area (Å²) in [5, 5.41) is 1.24. The minimum atomic E-state index is 0.486. The lowest BCUT2D eigenvalue weighted by Gasteiger charge is -2.11. The van der Waals surface area contributed by atoms with E-state index in [0.29, 0.717) is 22.2 Å². The van der Waals surface area contributed by atoms with Crippen LogP contribution in [-0.4, -0.2) is 0 Å². The summed E-state index contributed by atoms with van der Waals surface area (Å²) in [6.45, 7) is 3.87. The van der Waals surface area contributed by atoms with Gasteiger partial charge in [0.25, 0.3) is 0 Å². The van der Waals surface area contributed by atoms with Crippen LogP contribution in [0, 0.1) is 13.8 Å². The molecule has 0 saturated carbocycles. The molecule has 0 amide bonds. The van der Waals surface area contributed by atoms with Crippen LogP contribution in [0.15, 0.2) is 30.3 Å². The number of benzene rings is 2. The number of hydrogen-bond acceptors (Lipinski definition) is 2. The first-order valence-corrected chi connectivity index (χ1v) is 6.22. The maximum atomic E-state index is 6.11. The molecule has 0 aliphatic heterocycles. The number of hydrogen-bond donors (Lipinski definition) is 1. The largest absolute Gasteiger partial charge is 0.456 e. The molecule has 0 radical (unpaired) electrons. The zero-order valence-electron chi connectivity index (χ0n) is 10.1. The molecule has 0 fully saturated rings. The van der Waals surface area contributed by atoms with Crippen LogP contribution in [0.1, 0.15) is 11.1 Å². The van der Waals surface area contributed by atoms with E-state index in [1.807, 2.05) is 26.0 Å². The minimum absolute atomic E-state index is 0.486. The highest BCUT2D eigenvalue weighted by atomic mass is 35.5. The van der Waals surface area contributed by atoms with Crippen LogP contribution in [-0.2, 0) is 0 Å². The van der Waals surface area contributed by atoms with Crippen molar-refractivity contribution in [3.05, 3.63) is 51.5 Å². The Kier molecular flexibility index (Phi) is 3.69. The van der Waals surface area contributed by atoms with Crippen LogP contribution >= 0.6 is 23.2 Å². The first-order chi connectivity index (χ1) is 8.47. The molecule has 18 heavy (non-hydrogen) atoms. The number of aryl methyl sites for hydroxylation is 2. The van der Waals surface area contributed by atoms with E-state index in [2.05, 4.69) is 0 Å². The molecule has 0 aliphatic carbocycles. The lowest BCUT2D eigenvalue weighted by molar-refractivity contribution is 0.482. The third kappa shape index (κ3) is 2.71. The summed E-state index contributed by atoms with van der Waals surface area (Å²) in [5.74, 6) is 1.29. The van der Waals surface area contributed by atoms with Gasteiger partial charge in [0.15, 0.2) is 0 Å². The Labute approximate surface area is 116 Å². The predicted octanol–water partition coefficient (Wildman–Crippen LogP) is 4.98. The molecule has 0 heterocycles. The van der Waals surface area contributed by atoms with E-state index < -0.39 is 0 Å². The Hall–Kier alpha value is -1.38. The maximum absolute atomic E-state index is 6.11. The van der Waals surface area contributed by atoms with Gasteiger partial charge in [-0.1, -0.05) is 23.2 Å². The van der Waals surface area contributed by atoms with Crippen LogP contribution in [0.5, 0.6) is 11.5 Å². The molecule has 2 nitrogen and oxygen atoms in total. The third-order valence-electron chi connectivity index (χ3n) is 2.59. The van der Waals surface area contributed by atoms with Gasteiger partial charge in [0.05, 0.1) is 5.02 Å². The molecule has 0 atom stereocenters. The van der Waals surface area contributed by atoms with Gasteiger partial charge in [-0.2, -0.15) is 0 Å². The van der Waals surface area contributed by atoms with E-state index in [9.17, 15) is 0 Å². The number of nitrogens with two attached hydrogens (primary N) is 1. The first-order valence-electron chi connectivity index (χ1n) is 5.47. The van der Waals surface area contributed by atoms with Crippen molar-refractivity contribution in [2.24, 2.45) is 0 Å². The van der Waals surface area contributed by atoms with E-state index in [1.54, 1.807) is 18.2 Å². The molecular formula is C14H13Cl2NO. The second-order valence-electron chi connectivity index (χ2n) is 4.16. The lowest BCUT2D eigenvalue weighted by Crippen LogP contribution is -1.90. The summed E-state index contributed by atoms with van der Waals surface area (Å²) in [5.41, 5.74) is 8.18.